The average molecular weight is 323 g/mol. The van der Waals surface area contributed by atoms with Crippen molar-refractivity contribution in [1.29, 1.82) is 5.26 Å². The van der Waals surface area contributed by atoms with Crippen LogP contribution in [-0.2, 0) is 0 Å². The van der Waals surface area contributed by atoms with E-state index in [-0.39, 0.29) is 0 Å². The summed E-state index contributed by atoms with van der Waals surface area (Å²) in [5.41, 5.74) is 6.90. The van der Waals surface area contributed by atoms with Crippen LogP contribution >= 0.6 is 38.5 Å². The standard InChI is InChI=1S/C7H4BrIN2/c8-5-2-1-4(3-10)6(9)7(5)11/h1-2H,11H2. The molecule has 0 atom stereocenters. The number of nitrogens with two attached hydrogens (primary N) is 1. The SMILES string of the molecule is N#Cc1ccc(Br)c(N)c1I. The largest absolute Gasteiger partial charge is 0.397 e. The van der Waals surface area contributed by atoms with Crippen molar-refractivity contribution in [2.75, 3.05) is 5.73 Å². The Labute approximate surface area is 86.7 Å². The van der Waals surface area contributed by atoms with Crippen molar-refractivity contribution in [2.24, 2.45) is 0 Å². The number of benzene rings is 1. The van der Waals surface area contributed by atoms with Crippen LogP contribution < -0.4 is 5.73 Å². The van der Waals surface area contributed by atoms with Crippen LogP contribution in [0.25, 0.3) is 0 Å². The van der Waals surface area contributed by atoms with Crippen molar-refractivity contribution in [3.05, 3.63) is 25.7 Å². The van der Waals surface area contributed by atoms with E-state index in [4.69, 9.17) is 11.0 Å². The number of hydrogen-bond acceptors (Lipinski definition) is 2. The maximum atomic E-state index is 8.61. The first-order valence-corrected chi connectivity index (χ1v) is 4.67. The molecule has 1 aromatic rings. The molecule has 0 unspecified atom stereocenters. The van der Waals surface area contributed by atoms with E-state index in [1.165, 1.54) is 0 Å². The molecule has 1 rings (SSSR count). The first-order valence-electron chi connectivity index (χ1n) is 2.80. The Morgan fingerprint density at radius 1 is 1.55 bits per heavy atom. The van der Waals surface area contributed by atoms with E-state index in [9.17, 15) is 0 Å². The van der Waals surface area contributed by atoms with E-state index in [0.717, 1.165) is 8.04 Å². The Morgan fingerprint density at radius 3 is 2.73 bits per heavy atom. The topological polar surface area (TPSA) is 49.8 Å². The summed E-state index contributed by atoms with van der Waals surface area (Å²) in [5.74, 6) is 0. The molecular formula is C7H4BrIN2. The van der Waals surface area contributed by atoms with Crippen molar-refractivity contribution in [3.8, 4) is 6.07 Å². The lowest BCUT2D eigenvalue weighted by Crippen LogP contribution is -1.93. The van der Waals surface area contributed by atoms with Gasteiger partial charge in [-0.25, -0.2) is 0 Å². The molecular weight excluding hydrogens is 319 g/mol. The second-order valence-electron chi connectivity index (χ2n) is 1.93. The highest BCUT2D eigenvalue weighted by Crippen LogP contribution is 2.27. The number of nitriles is 1. The van der Waals surface area contributed by atoms with E-state index >= 15 is 0 Å². The van der Waals surface area contributed by atoms with Crippen molar-refractivity contribution in [1.82, 2.24) is 0 Å². The van der Waals surface area contributed by atoms with Gasteiger partial charge in [0.15, 0.2) is 0 Å². The molecule has 0 heterocycles. The van der Waals surface area contributed by atoms with E-state index < -0.39 is 0 Å². The lowest BCUT2D eigenvalue weighted by Gasteiger charge is -2.01. The molecule has 0 saturated heterocycles. The first-order chi connectivity index (χ1) is 5.16. The third-order valence-electron chi connectivity index (χ3n) is 1.25. The van der Waals surface area contributed by atoms with Crippen molar-refractivity contribution < 1.29 is 0 Å². The van der Waals surface area contributed by atoms with Gasteiger partial charge in [0.25, 0.3) is 0 Å². The lowest BCUT2D eigenvalue weighted by molar-refractivity contribution is 1.45. The van der Waals surface area contributed by atoms with Crippen LogP contribution in [0.15, 0.2) is 16.6 Å². The number of halogens is 2. The molecule has 0 fully saturated rings. The summed E-state index contributed by atoms with van der Waals surface area (Å²) in [5, 5.41) is 8.61. The average Bonchev–Trinajstić information content (AvgIpc) is 2.01. The van der Waals surface area contributed by atoms with Gasteiger partial charge in [0.2, 0.25) is 0 Å². The van der Waals surface area contributed by atoms with Gasteiger partial charge < -0.3 is 5.73 Å². The molecule has 0 amide bonds. The molecule has 0 aromatic heterocycles. The minimum atomic E-state index is 0.617. The maximum absolute atomic E-state index is 8.61. The number of rotatable bonds is 0. The predicted molar refractivity (Wildman–Crippen MR) is 56.0 cm³/mol. The van der Waals surface area contributed by atoms with E-state index in [1.54, 1.807) is 12.1 Å². The van der Waals surface area contributed by atoms with Crippen LogP contribution in [0.4, 0.5) is 5.69 Å². The minimum absolute atomic E-state index is 0.617. The highest BCUT2D eigenvalue weighted by atomic mass is 127. The summed E-state index contributed by atoms with van der Waals surface area (Å²) in [7, 11) is 0. The molecule has 2 N–H and O–H groups in total. The summed E-state index contributed by atoms with van der Waals surface area (Å²) < 4.78 is 1.64. The fourth-order valence-corrected chi connectivity index (χ4v) is 1.95. The van der Waals surface area contributed by atoms with Gasteiger partial charge in [-0.3, -0.25) is 0 Å². The Kier molecular flexibility index (Phi) is 2.73. The molecule has 0 bridgehead atoms. The van der Waals surface area contributed by atoms with Crippen LogP contribution in [0.5, 0.6) is 0 Å². The van der Waals surface area contributed by atoms with E-state index in [2.05, 4.69) is 44.6 Å². The zero-order valence-corrected chi connectivity index (χ0v) is 9.18. The van der Waals surface area contributed by atoms with Gasteiger partial charge in [-0.05, 0) is 50.7 Å². The highest BCUT2D eigenvalue weighted by molar-refractivity contribution is 14.1. The second kappa shape index (κ2) is 3.41. The third kappa shape index (κ3) is 1.65. The van der Waals surface area contributed by atoms with Crippen LogP contribution in [0.3, 0.4) is 0 Å². The summed E-state index contributed by atoms with van der Waals surface area (Å²) in [4.78, 5) is 0. The fraction of sp³-hybridized carbons (Fsp3) is 0. The summed E-state index contributed by atoms with van der Waals surface area (Å²) in [6, 6.07) is 5.57. The summed E-state index contributed by atoms with van der Waals surface area (Å²) >= 11 is 5.32. The van der Waals surface area contributed by atoms with Crippen molar-refractivity contribution in [2.45, 2.75) is 0 Å². The maximum Gasteiger partial charge on any atom is 0.100 e. The smallest absolute Gasteiger partial charge is 0.100 e. The van der Waals surface area contributed by atoms with Gasteiger partial charge in [0.05, 0.1) is 14.8 Å². The number of anilines is 1. The number of nitrogen functional groups attached to an aromatic ring is 1. The van der Waals surface area contributed by atoms with Gasteiger partial charge >= 0.3 is 0 Å². The molecule has 2 nitrogen and oxygen atoms in total. The monoisotopic (exact) mass is 322 g/mol. The highest BCUT2D eigenvalue weighted by Gasteiger charge is 2.04. The predicted octanol–water partition coefficient (Wildman–Crippen LogP) is 2.51. The Bertz CT molecular complexity index is 330. The minimum Gasteiger partial charge on any atom is -0.397 e. The summed E-state index contributed by atoms with van der Waals surface area (Å²) in [6.45, 7) is 0. The van der Waals surface area contributed by atoms with Gasteiger partial charge in [0.1, 0.15) is 6.07 Å². The quantitative estimate of drug-likeness (QED) is 0.589. The zero-order chi connectivity index (χ0) is 8.43. The Hall–Kier alpha value is -0.280. The molecule has 11 heavy (non-hydrogen) atoms. The molecule has 0 spiro atoms. The summed E-state index contributed by atoms with van der Waals surface area (Å²) in [6.07, 6.45) is 0. The normalized spacial score (nSPS) is 9.18. The molecule has 0 aliphatic heterocycles. The van der Waals surface area contributed by atoms with Crippen LogP contribution in [0, 0.1) is 14.9 Å². The van der Waals surface area contributed by atoms with Crippen molar-refractivity contribution in [3.63, 3.8) is 0 Å². The molecule has 0 radical (unpaired) electrons. The molecule has 0 aliphatic rings. The third-order valence-corrected chi connectivity index (χ3v) is 3.10. The van der Waals surface area contributed by atoms with Gasteiger partial charge in [-0.2, -0.15) is 5.26 Å². The number of hydrogen-bond donors (Lipinski definition) is 1. The zero-order valence-electron chi connectivity index (χ0n) is 5.44. The van der Waals surface area contributed by atoms with Gasteiger partial charge in [-0.1, -0.05) is 0 Å². The second-order valence-corrected chi connectivity index (χ2v) is 3.87. The van der Waals surface area contributed by atoms with Crippen LogP contribution in [0.2, 0.25) is 0 Å². The molecule has 1 aromatic carbocycles. The van der Waals surface area contributed by atoms with Gasteiger partial charge in [0, 0.05) is 4.47 Å². The van der Waals surface area contributed by atoms with Crippen LogP contribution in [-0.4, -0.2) is 0 Å². The number of nitrogens with zero attached hydrogens (tertiary/aromatic N) is 1. The van der Waals surface area contributed by atoms with Crippen LogP contribution in [0.1, 0.15) is 5.56 Å². The van der Waals surface area contributed by atoms with E-state index in [1.807, 2.05) is 0 Å². The molecule has 0 aliphatic carbocycles. The molecule has 56 valence electrons. The van der Waals surface area contributed by atoms with E-state index in [0.29, 0.717) is 11.3 Å². The Morgan fingerprint density at radius 2 is 2.18 bits per heavy atom. The Balaban J connectivity index is 3.40. The van der Waals surface area contributed by atoms with Crippen molar-refractivity contribution >= 4 is 44.2 Å². The molecule has 0 saturated carbocycles. The lowest BCUT2D eigenvalue weighted by atomic mass is 10.2. The fourth-order valence-electron chi connectivity index (χ4n) is 0.656. The molecule has 4 heteroatoms. The van der Waals surface area contributed by atoms with Gasteiger partial charge in [-0.15, -0.1) is 0 Å². The first kappa shape index (κ1) is 8.81.